The van der Waals surface area contributed by atoms with Crippen molar-refractivity contribution in [1.29, 1.82) is 0 Å². The Bertz CT molecular complexity index is 1400. The summed E-state index contributed by atoms with van der Waals surface area (Å²) in [6.45, 7) is 4.31. The zero-order valence-corrected chi connectivity index (χ0v) is 17.6. The molecule has 4 aromatic rings. The third-order valence-corrected chi connectivity index (χ3v) is 6.53. The number of H-pyrrole nitrogens is 2. The number of amides is 1. The molecule has 0 spiro atoms. The van der Waals surface area contributed by atoms with Crippen molar-refractivity contribution in [2.45, 2.75) is 19.8 Å². The number of nitrogens with zero attached hydrogens (tertiary/aromatic N) is 2. The summed E-state index contributed by atoms with van der Waals surface area (Å²) in [4.78, 5) is 31.9. The molecule has 0 fully saturated rings. The molecule has 2 aromatic heterocycles. The summed E-state index contributed by atoms with van der Waals surface area (Å²) < 4.78 is 0. The molecule has 0 saturated heterocycles. The quantitative estimate of drug-likeness (QED) is 0.240. The minimum atomic E-state index is -0.467. The van der Waals surface area contributed by atoms with Crippen molar-refractivity contribution >= 4 is 50.7 Å². The van der Waals surface area contributed by atoms with Crippen molar-refractivity contribution < 1.29 is 14.8 Å². The number of carbonyl (C=O) groups excluding carboxylic acids is 1. The lowest BCUT2D eigenvalue weighted by Crippen LogP contribution is -2.30. The Kier molecular flexibility index (Phi) is 4.23. The van der Waals surface area contributed by atoms with Gasteiger partial charge in [-0.15, -0.1) is 11.6 Å². The Morgan fingerprint density at radius 1 is 1.29 bits per heavy atom. The predicted molar refractivity (Wildman–Crippen MR) is 120 cm³/mol. The number of hydrogen-bond acceptors (Lipinski definition) is 4. The number of halogens is 1. The number of phenolic OH excluding ortho intramolecular Hbond substituents is 1. The van der Waals surface area contributed by atoms with Gasteiger partial charge in [-0.25, -0.2) is 0 Å². The molecule has 2 aromatic carbocycles. The third-order valence-electron chi connectivity index (χ3n) is 6.15. The lowest BCUT2D eigenvalue weighted by molar-refractivity contribution is -0.384. The Labute approximate surface area is 181 Å². The van der Waals surface area contributed by atoms with Crippen molar-refractivity contribution in [2.24, 2.45) is 0 Å². The summed E-state index contributed by atoms with van der Waals surface area (Å²) in [6, 6.07) is 7.63. The zero-order valence-electron chi connectivity index (χ0n) is 16.8. The fourth-order valence-corrected chi connectivity index (χ4v) is 4.77. The summed E-state index contributed by atoms with van der Waals surface area (Å²) >= 11 is 6.28. The topological polar surface area (TPSA) is 115 Å². The van der Waals surface area contributed by atoms with Crippen LogP contribution in [0, 0.1) is 24.0 Å². The van der Waals surface area contributed by atoms with Gasteiger partial charge in [-0.1, -0.05) is 0 Å². The highest BCUT2D eigenvalue weighted by Crippen LogP contribution is 2.47. The van der Waals surface area contributed by atoms with Gasteiger partial charge < -0.3 is 20.0 Å². The van der Waals surface area contributed by atoms with Gasteiger partial charge in [0.1, 0.15) is 11.4 Å². The van der Waals surface area contributed by atoms with Gasteiger partial charge in [-0.05, 0) is 37.1 Å². The van der Waals surface area contributed by atoms with E-state index in [9.17, 15) is 20.0 Å². The Balaban J connectivity index is 1.63. The first kappa shape index (κ1) is 19.4. The number of aromatic hydroxyl groups is 1. The number of nitrogens with one attached hydrogen (secondary N) is 2. The molecule has 31 heavy (non-hydrogen) atoms. The van der Waals surface area contributed by atoms with Crippen LogP contribution in [-0.4, -0.2) is 38.3 Å². The first-order valence-electron chi connectivity index (χ1n) is 9.80. The van der Waals surface area contributed by atoms with E-state index in [0.29, 0.717) is 40.2 Å². The van der Waals surface area contributed by atoms with Crippen LogP contribution in [0.5, 0.6) is 5.75 Å². The van der Waals surface area contributed by atoms with E-state index in [0.717, 1.165) is 22.2 Å². The van der Waals surface area contributed by atoms with Gasteiger partial charge in [0.15, 0.2) is 0 Å². The molecule has 1 amide bonds. The fraction of sp³-hybridized carbons (Fsp3) is 0.227. The molecular formula is C22H19ClN4O4. The van der Waals surface area contributed by atoms with E-state index < -0.39 is 4.92 Å². The maximum atomic E-state index is 13.4. The van der Waals surface area contributed by atoms with Crippen molar-refractivity contribution in [3.63, 3.8) is 0 Å². The molecule has 9 heteroatoms. The maximum absolute atomic E-state index is 13.4. The van der Waals surface area contributed by atoms with E-state index in [1.54, 1.807) is 23.1 Å². The van der Waals surface area contributed by atoms with Gasteiger partial charge in [-0.2, -0.15) is 0 Å². The molecule has 0 aliphatic carbocycles. The smallest absolute Gasteiger partial charge is 0.274 e. The first-order chi connectivity index (χ1) is 14.8. The molecule has 0 radical (unpaired) electrons. The van der Waals surface area contributed by atoms with E-state index in [1.807, 2.05) is 13.8 Å². The van der Waals surface area contributed by atoms with E-state index in [4.69, 9.17) is 11.6 Å². The number of phenols is 1. The largest absolute Gasteiger partial charge is 0.506 e. The molecule has 1 aliphatic heterocycles. The van der Waals surface area contributed by atoms with Gasteiger partial charge in [0.05, 0.1) is 16.1 Å². The van der Waals surface area contributed by atoms with E-state index in [2.05, 4.69) is 9.97 Å². The first-order valence-corrected chi connectivity index (χ1v) is 10.3. The van der Waals surface area contributed by atoms with Crippen LogP contribution in [0.3, 0.4) is 0 Å². The minimum Gasteiger partial charge on any atom is -0.506 e. The number of aryl methyl sites for hydroxylation is 2. The monoisotopic (exact) mass is 438 g/mol. The summed E-state index contributed by atoms with van der Waals surface area (Å²) in [7, 11) is 0. The van der Waals surface area contributed by atoms with Gasteiger partial charge in [-0.3, -0.25) is 14.9 Å². The van der Waals surface area contributed by atoms with E-state index in [1.165, 1.54) is 12.1 Å². The molecule has 1 atom stereocenters. The number of anilines is 1. The van der Waals surface area contributed by atoms with Crippen LogP contribution >= 0.6 is 11.6 Å². The molecule has 3 N–H and O–H groups in total. The second-order valence-electron chi connectivity index (χ2n) is 7.93. The van der Waals surface area contributed by atoms with Gasteiger partial charge in [0, 0.05) is 58.5 Å². The summed E-state index contributed by atoms with van der Waals surface area (Å²) in [6.07, 6.45) is 0. The predicted octanol–water partition coefficient (Wildman–Crippen LogP) is 4.86. The number of aromatic amines is 2. The highest BCUT2D eigenvalue weighted by atomic mass is 35.5. The Hall–Kier alpha value is -3.52. The lowest BCUT2D eigenvalue weighted by Gasteiger charge is -2.17. The standard InChI is InChI=1S/C22H19ClN4O4/c1-10-11(2)24-21-18(28)7-17-20(19(10)21)13(8-23)9-26(17)22(29)16-6-12-5-14(27(30)31)3-4-15(12)25-16/h3-7,13,24-25,28H,8-9H2,1-2H3/t13-/m1/s1. The number of alkyl halides is 1. The summed E-state index contributed by atoms with van der Waals surface area (Å²) in [5, 5.41) is 23.2. The third kappa shape index (κ3) is 2.79. The summed E-state index contributed by atoms with van der Waals surface area (Å²) in [5.41, 5.74) is 5.12. The molecule has 5 rings (SSSR count). The molecule has 158 valence electrons. The van der Waals surface area contributed by atoms with Crippen molar-refractivity contribution in [3.8, 4) is 5.75 Å². The number of fused-ring (bicyclic) bond motifs is 4. The number of hydrogen-bond donors (Lipinski definition) is 3. The van der Waals surface area contributed by atoms with E-state index >= 15 is 0 Å². The average Bonchev–Trinajstić information content (AvgIpc) is 3.41. The van der Waals surface area contributed by atoms with Crippen LogP contribution in [0.25, 0.3) is 21.8 Å². The fourth-order valence-electron chi connectivity index (χ4n) is 4.51. The molecule has 3 heterocycles. The van der Waals surface area contributed by atoms with Crippen LogP contribution in [-0.2, 0) is 0 Å². The number of non-ortho nitro benzene ring substituents is 1. The second kappa shape index (κ2) is 6.75. The van der Waals surface area contributed by atoms with Crippen LogP contribution in [0.1, 0.15) is 33.2 Å². The Morgan fingerprint density at radius 3 is 2.77 bits per heavy atom. The zero-order chi connectivity index (χ0) is 22.0. The van der Waals surface area contributed by atoms with Crippen molar-refractivity contribution in [1.82, 2.24) is 9.97 Å². The molecule has 0 unspecified atom stereocenters. The Morgan fingerprint density at radius 2 is 2.06 bits per heavy atom. The number of rotatable bonds is 3. The minimum absolute atomic E-state index is 0.0372. The molecule has 0 saturated carbocycles. The maximum Gasteiger partial charge on any atom is 0.274 e. The highest BCUT2D eigenvalue weighted by Gasteiger charge is 2.36. The number of benzene rings is 2. The van der Waals surface area contributed by atoms with Crippen LogP contribution in [0.2, 0.25) is 0 Å². The normalized spacial score (nSPS) is 15.7. The van der Waals surface area contributed by atoms with Gasteiger partial charge >= 0.3 is 0 Å². The number of aromatic nitrogens is 2. The molecule has 1 aliphatic rings. The average molecular weight is 439 g/mol. The molecule has 8 nitrogen and oxygen atoms in total. The van der Waals surface area contributed by atoms with Crippen molar-refractivity contribution in [3.05, 3.63) is 63.0 Å². The number of carbonyl (C=O) groups is 1. The van der Waals surface area contributed by atoms with Crippen LogP contribution in [0.15, 0.2) is 30.3 Å². The summed E-state index contributed by atoms with van der Waals surface area (Å²) in [5.74, 6) is 0.0453. The van der Waals surface area contributed by atoms with E-state index in [-0.39, 0.29) is 23.3 Å². The SMILES string of the molecule is Cc1[nH]c2c(O)cc3c(c2c1C)[C@H](CCl)CN3C(=O)c1cc2cc([N+](=O)[O-])ccc2[nH]1. The number of nitro groups is 1. The van der Waals surface area contributed by atoms with Crippen molar-refractivity contribution in [2.75, 3.05) is 17.3 Å². The van der Waals surface area contributed by atoms with Crippen LogP contribution < -0.4 is 4.90 Å². The van der Waals surface area contributed by atoms with Gasteiger partial charge in [0.2, 0.25) is 0 Å². The molecule has 0 bridgehead atoms. The number of nitro benzene ring substituents is 1. The molecular weight excluding hydrogens is 420 g/mol. The highest BCUT2D eigenvalue weighted by molar-refractivity contribution is 6.19. The lowest BCUT2D eigenvalue weighted by atomic mass is 9.96. The van der Waals surface area contributed by atoms with Crippen LogP contribution in [0.4, 0.5) is 11.4 Å². The second-order valence-corrected chi connectivity index (χ2v) is 8.24. The van der Waals surface area contributed by atoms with Gasteiger partial charge in [0.25, 0.3) is 11.6 Å².